The van der Waals surface area contributed by atoms with Crippen LogP contribution in [0.2, 0.25) is 0 Å². The van der Waals surface area contributed by atoms with Gasteiger partial charge in [0.05, 0.1) is 13.0 Å². The summed E-state index contributed by atoms with van der Waals surface area (Å²) in [7, 11) is 0. The van der Waals surface area contributed by atoms with E-state index in [0.29, 0.717) is 18.3 Å². The molecule has 8 heteroatoms. The highest BCUT2D eigenvalue weighted by molar-refractivity contribution is 6.05. The molecule has 1 fully saturated rings. The summed E-state index contributed by atoms with van der Waals surface area (Å²) in [6.07, 6.45) is 0.0568. The zero-order valence-electron chi connectivity index (χ0n) is 15.9. The number of likely N-dealkylation sites (N-methyl/N-ethyl adjacent to an activating group) is 1. The molecule has 2 aliphatic heterocycles. The molecule has 27 heavy (non-hydrogen) atoms. The fourth-order valence-corrected chi connectivity index (χ4v) is 3.19. The topological polar surface area (TPSA) is 86.3 Å². The molecule has 1 saturated heterocycles. The Morgan fingerprint density at radius 1 is 1.22 bits per heavy atom. The molecule has 0 aliphatic carbocycles. The van der Waals surface area contributed by atoms with Gasteiger partial charge in [0.25, 0.3) is 0 Å². The normalized spacial score (nSPS) is 20.7. The molecular weight excluding hydrogens is 346 g/mol. The molecule has 1 atom stereocenters. The Kier molecular flexibility index (Phi) is 6.28. The van der Waals surface area contributed by atoms with Gasteiger partial charge in [-0.25, -0.2) is 4.99 Å². The summed E-state index contributed by atoms with van der Waals surface area (Å²) in [4.78, 5) is 33.6. The zero-order valence-corrected chi connectivity index (χ0v) is 15.9. The number of carbonyl (C=O) groups excluding carboxylic acids is 2. The van der Waals surface area contributed by atoms with Crippen molar-refractivity contribution in [2.75, 3.05) is 44.6 Å². The summed E-state index contributed by atoms with van der Waals surface area (Å²) in [6, 6.07) is 6.44. The number of amides is 2. The average Bonchev–Trinajstić information content (AvgIpc) is 2.69. The molecule has 0 spiro atoms. The number of rotatable bonds is 5. The minimum absolute atomic E-state index is 0.0568. The lowest BCUT2D eigenvalue weighted by molar-refractivity contribution is -0.125. The molecule has 8 nitrogen and oxygen atoms in total. The summed E-state index contributed by atoms with van der Waals surface area (Å²) < 4.78 is 5.40. The van der Waals surface area contributed by atoms with Crippen LogP contribution in [0.3, 0.4) is 0 Å². The van der Waals surface area contributed by atoms with E-state index in [9.17, 15) is 9.59 Å². The molecule has 3 rings (SSSR count). The van der Waals surface area contributed by atoms with Gasteiger partial charge in [0.15, 0.2) is 0 Å². The van der Waals surface area contributed by atoms with Gasteiger partial charge in [-0.3, -0.25) is 14.9 Å². The van der Waals surface area contributed by atoms with Crippen LogP contribution in [0.4, 0.5) is 5.69 Å². The smallest absolute Gasteiger partial charge is 0.249 e. The Balaban J connectivity index is 1.64. The van der Waals surface area contributed by atoms with E-state index >= 15 is 0 Å². The predicted molar refractivity (Wildman–Crippen MR) is 104 cm³/mol. The predicted octanol–water partition coefficient (Wildman–Crippen LogP) is 0.906. The maximum absolute atomic E-state index is 12.6. The number of nitrogens with zero attached hydrogens (tertiary/aromatic N) is 3. The lowest BCUT2D eigenvalue weighted by Gasteiger charge is -2.37. The molecule has 146 valence electrons. The molecule has 1 aromatic carbocycles. The van der Waals surface area contributed by atoms with E-state index < -0.39 is 6.04 Å². The second-order valence-corrected chi connectivity index (χ2v) is 6.59. The van der Waals surface area contributed by atoms with Crippen LogP contribution < -0.4 is 15.4 Å². The summed E-state index contributed by atoms with van der Waals surface area (Å²) in [6.45, 7) is 9.09. The number of benzene rings is 1. The van der Waals surface area contributed by atoms with Crippen molar-refractivity contribution in [1.82, 2.24) is 15.1 Å². The van der Waals surface area contributed by atoms with E-state index in [1.807, 2.05) is 11.8 Å². The monoisotopic (exact) mass is 373 g/mol. The second kappa shape index (κ2) is 8.85. The zero-order chi connectivity index (χ0) is 19.2. The molecule has 1 aromatic rings. The quantitative estimate of drug-likeness (QED) is 0.801. The van der Waals surface area contributed by atoms with Gasteiger partial charge in [-0.15, -0.1) is 0 Å². The minimum atomic E-state index is -0.718. The highest BCUT2D eigenvalue weighted by atomic mass is 16.5. The molecular formula is C19H27N5O3. The van der Waals surface area contributed by atoms with Gasteiger partial charge in [-0.2, -0.15) is 0 Å². The van der Waals surface area contributed by atoms with Gasteiger partial charge in [-0.1, -0.05) is 6.92 Å². The van der Waals surface area contributed by atoms with Crippen molar-refractivity contribution in [1.29, 1.82) is 0 Å². The number of ether oxygens (including phenoxy) is 1. The van der Waals surface area contributed by atoms with Crippen LogP contribution in [0.15, 0.2) is 29.3 Å². The Morgan fingerprint density at radius 3 is 2.56 bits per heavy atom. The highest BCUT2D eigenvalue weighted by Gasteiger charge is 2.30. The van der Waals surface area contributed by atoms with E-state index in [0.717, 1.165) is 38.5 Å². The third-order valence-corrected chi connectivity index (χ3v) is 4.76. The maximum Gasteiger partial charge on any atom is 0.249 e. The molecule has 0 bridgehead atoms. The van der Waals surface area contributed by atoms with Crippen molar-refractivity contribution >= 4 is 23.5 Å². The number of hydrogen-bond donors (Lipinski definition) is 2. The minimum Gasteiger partial charge on any atom is -0.494 e. The first-order chi connectivity index (χ1) is 13.1. The van der Waals surface area contributed by atoms with Gasteiger partial charge in [0, 0.05) is 31.9 Å². The van der Waals surface area contributed by atoms with Crippen LogP contribution in [0, 0.1) is 0 Å². The van der Waals surface area contributed by atoms with Crippen molar-refractivity contribution in [3.63, 3.8) is 0 Å². The van der Waals surface area contributed by atoms with Gasteiger partial charge in [0.1, 0.15) is 11.8 Å². The average molecular weight is 373 g/mol. The van der Waals surface area contributed by atoms with Crippen LogP contribution in [0.1, 0.15) is 20.3 Å². The Morgan fingerprint density at radius 2 is 1.93 bits per heavy atom. The molecule has 0 saturated carbocycles. The van der Waals surface area contributed by atoms with Crippen molar-refractivity contribution < 1.29 is 14.3 Å². The first-order valence-corrected chi connectivity index (χ1v) is 9.47. The molecule has 2 aliphatic rings. The standard InChI is InChI=1S/C19H27N5O3/c1-3-23-9-11-24(12-10-23)19-21-16(13-17(25)22-19)18(26)20-14-5-7-15(8-6-14)27-4-2/h5-8,16H,3-4,9-13H2,1-2H3,(H,20,26)(H,21,22,25)/t16-/m0/s1. The largest absolute Gasteiger partial charge is 0.494 e. The fraction of sp³-hybridized carbons (Fsp3) is 0.526. The molecule has 0 aromatic heterocycles. The lowest BCUT2D eigenvalue weighted by atomic mass is 10.1. The molecule has 0 unspecified atom stereocenters. The molecule has 0 radical (unpaired) electrons. The Bertz CT molecular complexity index is 696. The van der Waals surface area contributed by atoms with Gasteiger partial charge < -0.3 is 19.9 Å². The first-order valence-electron chi connectivity index (χ1n) is 9.47. The lowest BCUT2D eigenvalue weighted by Crippen LogP contribution is -2.56. The number of carbonyl (C=O) groups is 2. The van der Waals surface area contributed by atoms with Gasteiger partial charge in [0.2, 0.25) is 17.8 Å². The van der Waals surface area contributed by atoms with Crippen molar-refractivity contribution in [2.24, 2.45) is 4.99 Å². The fourth-order valence-electron chi connectivity index (χ4n) is 3.19. The van der Waals surface area contributed by atoms with E-state index in [-0.39, 0.29) is 18.2 Å². The first kappa shape index (κ1) is 19.2. The number of guanidine groups is 1. The third kappa shape index (κ3) is 4.97. The van der Waals surface area contributed by atoms with Crippen LogP contribution in [0.25, 0.3) is 0 Å². The molecule has 2 amide bonds. The number of nitrogens with one attached hydrogen (secondary N) is 2. The maximum atomic E-state index is 12.6. The SMILES string of the molecule is CCOc1ccc(NC(=O)[C@@H]2CC(=O)NC(N3CCN(CC)CC3)=N2)cc1. The number of hydrogen-bond acceptors (Lipinski definition) is 6. The summed E-state index contributed by atoms with van der Waals surface area (Å²) in [5.41, 5.74) is 0.655. The van der Waals surface area contributed by atoms with E-state index in [2.05, 4.69) is 27.4 Å². The molecule has 2 N–H and O–H groups in total. The van der Waals surface area contributed by atoms with Gasteiger partial charge in [-0.05, 0) is 37.7 Å². The van der Waals surface area contributed by atoms with Crippen molar-refractivity contribution in [2.45, 2.75) is 26.3 Å². The van der Waals surface area contributed by atoms with Crippen LogP contribution in [0.5, 0.6) is 5.75 Å². The van der Waals surface area contributed by atoms with Crippen LogP contribution in [-0.4, -0.2) is 72.9 Å². The van der Waals surface area contributed by atoms with E-state index in [1.165, 1.54) is 0 Å². The second-order valence-electron chi connectivity index (χ2n) is 6.59. The number of anilines is 1. The highest BCUT2D eigenvalue weighted by Crippen LogP contribution is 2.17. The van der Waals surface area contributed by atoms with Gasteiger partial charge >= 0.3 is 0 Å². The van der Waals surface area contributed by atoms with Crippen molar-refractivity contribution in [3.05, 3.63) is 24.3 Å². The van der Waals surface area contributed by atoms with Crippen molar-refractivity contribution in [3.8, 4) is 5.75 Å². The summed E-state index contributed by atoms with van der Waals surface area (Å²) in [5.74, 6) is 0.802. The van der Waals surface area contributed by atoms with Crippen LogP contribution in [-0.2, 0) is 9.59 Å². The molecule has 2 heterocycles. The Hall–Kier alpha value is -2.61. The summed E-state index contributed by atoms with van der Waals surface area (Å²) in [5, 5.41) is 5.64. The van der Waals surface area contributed by atoms with E-state index in [4.69, 9.17) is 4.74 Å². The number of aliphatic imine (C=N–C) groups is 1. The third-order valence-electron chi connectivity index (χ3n) is 4.76. The van der Waals surface area contributed by atoms with E-state index in [1.54, 1.807) is 24.3 Å². The Labute approximate surface area is 159 Å². The summed E-state index contributed by atoms with van der Waals surface area (Å²) >= 11 is 0. The van der Waals surface area contributed by atoms with Crippen LogP contribution >= 0.6 is 0 Å². The number of piperazine rings is 1.